The predicted molar refractivity (Wildman–Crippen MR) is 101 cm³/mol. The number of amides is 1. The minimum absolute atomic E-state index is 0.118. The summed E-state index contributed by atoms with van der Waals surface area (Å²) in [6.07, 6.45) is 2.01. The summed E-state index contributed by atoms with van der Waals surface area (Å²) in [6.45, 7) is 5.02. The van der Waals surface area contributed by atoms with Crippen molar-refractivity contribution in [3.8, 4) is 0 Å². The highest BCUT2D eigenvalue weighted by Gasteiger charge is 2.29. The van der Waals surface area contributed by atoms with Gasteiger partial charge in [-0.05, 0) is 44.0 Å². The molecule has 1 aromatic carbocycles. The molecule has 136 valence electrons. The Kier molecular flexibility index (Phi) is 4.71. The molecule has 1 aliphatic heterocycles. The van der Waals surface area contributed by atoms with E-state index in [-0.39, 0.29) is 11.8 Å². The van der Waals surface area contributed by atoms with Gasteiger partial charge in [0.05, 0.1) is 13.2 Å². The zero-order chi connectivity index (χ0) is 17.9. The van der Waals surface area contributed by atoms with Crippen LogP contribution in [-0.2, 0) is 9.53 Å². The van der Waals surface area contributed by atoms with Gasteiger partial charge in [-0.3, -0.25) is 4.79 Å². The van der Waals surface area contributed by atoms with Crippen molar-refractivity contribution < 1.29 is 9.53 Å². The Morgan fingerprint density at radius 3 is 2.50 bits per heavy atom. The number of aryl methyl sites for hydroxylation is 1. The second-order valence-electron chi connectivity index (χ2n) is 6.72. The van der Waals surface area contributed by atoms with Gasteiger partial charge >= 0.3 is 0 Å². The highest BCUT2D eigenvalue weighted by Crippen LogP contribution is 2.30. The van der Waals surface area contributed by atoms with Crippen LogP contribution in [0.15, 0.2) is 30.3 Å². The molecule has 0 atom stereocenters. The van der Waals surface area contributed by atoms with E-state index in [1.807, 2.05) is 37.3 Å². The fourth-order valence-electron chi connectivity index (χ4n) is 2.95. The van der Waals surface area contributed by atoms with Gasteiger partial charge in [0.2, 0.25) is 5.91 Å². The third kappa shape index (κ3) is 4.11. The number of ether oxygens (including phenoxy) is 1. The van der Waals surface area contributed by atoms with E-state index in [1.54, 1.807) is 0 Å². The summed E-state index contributed by atoms with van der Waals surface area (Å²) in [7, 11) is 0. The molecule has 1 aliphatic carbocycles. The fourth-order valence-corrected chi connectivity index (χ4v) is 2.95. The maximum Gasteiger partial charge on any atom is 0.227 e. The smallest absolute Gasteiger partial charge is 0.227 e. The van der Waals surface area contributed by atoms with E-state index < -0.39 is 0 Å². The van der Waals surface area contributed by atoms with E-state index in [0.717, 1.165) is 68.0 Å². The van der Waals surface area contributed by atoms with Crippen molar-refractivity contribution in [3.63, 3.8) is 0 Å². The minimum atomic E-state index is 0.118. The zero-order valence-corrected chi connectivity index (χ0v) is 14.9. The fraction of sp³-hybridized carbons (Fsp3) is 0.421. The van der Waals surface area contributed by atoms with Gasteiger partial charge < -0.3 is 20.3 Å². The lowest BCUT2D eigenvalue weighted by Crippen LogP contribution is -2.36. The third-order valence-corrected chi connectivity index (χ3v) is 4.53. The molecular formula is C19H23N5O2. The van der Waals surface area contributed by atoms with Crippen LogP contribution >= 0.6 is 0 Å². The predicted octanol–water partition coefficient (Wildman–Crippen LogP) is 2.71. The summed E-state index contributed by atoms with van der Waals surface area (Å²) in [5.41, 5.74) is 1.74. The van der Waals surface area contributed by atoms with Crippen LogP contribution in [0, 0.1) is 12.8 Å². The summed E-state index contributed by atoms with van der Waals surface area (Å²) in [5, 5.41) is 6.26. The first-order chi connectivity index (χ1) is 12.7. The van der Waals surface area contributed by atoms with E-state index in [2.05, 4.69) is 25.5 Å². The Morgan fingerprint density at radius 2 is 1.81 bits per heavy atom. The summed E-state index contributed by atoms with van der Waals surface area (Å²) in [4.78, 5) is 23.0. The molecule has 2 heterocycles. The van der Waals surface area contributed by atoms with Crippen molar-refractivity contribution in [3.05, 3.63) is 36.2 Å². The maximum absolute atomic E-state index is 11.8. The van der Waals surface area contributed by atoms with Gasteiger partial charge in [0.25, 0.3) is 0 Å². The molecule has 0 radical (unpaired) electrons. The van der Waals surface area contributed by atoms with E-state index in [4.69, 9.17) is 4.74 Å². The maximum atomic E-state index is 11.8. The number of hydrogen-bond donors (Lipinski definition) is 2. The molecule has 1 saturated heterocycles. The van der Waals surface area contributed by atoms with Crippen molar-refractivity contribution in [1.82, 2.24) is 9.97 Å². The largest absolute Gasteiger partial charge is 0.378 e. The van der Waals surface area contributed by atoms with Crippen LogP contribution in [0.5, 0.6) is 0 Å². The highest BCUT2D eigenvalue weighted by atomic mass is 16.5. The molecule has 0 unspecified atom stereocenters. The molecule has 4 rings (SSSR count). The number of morpholine rings is 1. The monoisotopic (exact) mass is 353 g/mol. The van der Waals surface area contributed by atoms with E-state index >= 15 is 0 Å². The van der Waals surface area contributed by atoms with Gasteiger partial charge in [0.1, 0.15) is 17.5 Å². The average molecular weight is 353 g/mol. The van der Waals surface area contributed by atoms with Gasteiger partial charge in [-0.2, -0.15) is 0 Å². The van der Waals surface area contributed by atoms with Crippen molar-refractivity contribution >= 4 is 28.9 Å². The molecule has 1 aromatic heterocycles. The Labute approximate surface area is 152 Å². The van der Waals surface area contributed by atoms with Gasteiger partial charge in [-0.25, -0.2) is 9.97 Å². The number of carbonyl (C=O) groups excluding carboxylic acids is 1. The van der Waals surface area contributed by atoms with Crippen molar-refractivity contribution in [2.45, 2.75) is 19.8 Å². The normalized spacial score (nSPS) is 17.0. The van der Waals surface area contributed by atoms with Crippen LogP contribution in [0.1, 0.15) is 18.7 Å². The number of hydrogen-bond acceptors (Lipinski definition) is 6. The Bertz CT molecular complexity index is 783. The molecule has 0 spiro atoms. The molecule has 2 aliphatic rings. The Hall–Kier alpha value is -2.67. The molecule has 1 amide bonds. The highest BCUT2D eigenvalue weighted by molar-refractivity contribution is 5.94. The molecule has 7 nitrogen and oxygen atoms in total. The first kappa shape index (κ1) is 16.8. The van der Waals surface area contributed by atoms with Crippen LogP contribution in [-0.4, -0.2) is 42.2 Å². The molecule has 7 heteroatoms. The molecule has 0 bridgehead atoms. The number of carbonyl (C=O) groups is 1. The van der Waals surface area contributed by atoms with E-state index in [0.29, 0.717) is 0 Å². The molecular weight excluding hydrogens is 330 g/mol. The molecule has 26 heavy (non-hydrogen) atoms. The quantitative estimate of drug-likeness (QED) is 0.860. The first-order valence-electron chi connectivity index (χ1n) is 9.04. The summed E-state index contributed by atoms with van der Waals surface area (Å²) in [6, 6.07) is 9.64. The van der Waals surface area contributed by atoms with Crippen molar-refractivity contribution in [1.29, 1.82) is 0 Å². The lowest BCUT2D eigenvalue weighted by atomic mass is 10.2. The second kappa shape index (κ2) is 7.29. The minimum Gasteiger partial charge on any atom is -0.378 e. The number of rotatable bonds is 5. The summed E-state index contributed by atoms with van der Waals surface area (Å²) in [5.74, 6) is 2.72. The van der Waals surface area contributed by atoms with Crippen molar-refractivity contribution in [2.24, 2.45) is 5.92 Å². The SMILES string of the molecule is Cc1nc(Nc2ccc(NC(=O)C3CC3)cc2)cc(N2CCOCC2)n1. The van der Waals surface area contributed by atoms with Crippen LogP contribution in [0.2, 0.25) is 0 Å². The number of benzene rings is 1. The summed E-state index contributed by atoms with van der Waals surface area (Å²) < 4.78 is 5.40. The molecule has 2 fully saturated rings. The van der Waals surface area contributed by atoms with Gasteiger partial charge in [-0.1, -0.05) is 0 Å². The molecule has 1 saturated carbocycles. The average Bonchev–Trinajstić information content (AvgIpc) is 3.49. The van der Waals surface area contributed by atoms with E-state index in [1.165, 1.54) is 0 Å². The number of aromatic nitrogens is 2. The van der Waals surface area contributed by atoms with Crippen molar-refractivity contribution in [2.75, 3.05) is 41.8 Å². The first-order valence-corrected chi connectivity index (χ1v) is 9.04. The van der Waals surface area contributed by atoms with Gasteiger partial charge in [0, 0.05) is 36.4 Å². The molecule has 2 N–H and O–H groups in total. The second-order valence-corrected chi connectivity index (χ2v) is 6.72. The number of anilines is 4. The van der Waals surface area contributed by atoms with Gasteiger partial charge in [0.15, 0.2) is 0 Å². The van der Waals surface area contributed by atoms with Crippen LogP contribution in [0.3, 0.4) is 0 Å². The Morgan fingerprint density at radius 1 is 1.12 bits per heavy atom. The molecule has 2 aromatic rings. The van der Waals surface area contributed by atoms with Gasteiger partial charge in [-0.15, -0.1) is 0 Å². The van der Waals surface area contributed by atoms with Crippen LogP contribution < -0.4 is 15.5 Å². The van der Waals surface area contributed by atoms with Crippen LogP contribution in [0.4, 0.5) is 23.0 Å². The zero-order valence-electron chi connectivity index (χ0n) is 14.9. The summed E-state index contributed by atoms with van der Waals surface area (Å²) >= 11 is 0. The Balaban J connectivity index is 1.44. The number of nitrogens with zero attached hydrogens (tertiary/aromatic N) is 3. The number of nitrogens with one attached hydrogen (secondary N) is 2. The third-order valence-electron chi connectivity index (χ3n) is 4.53. The standard InChI is InChI=1S/C19H23N5O2/c1-13-20-17(12-18(21-13)24-8-10-26-11-9-24)22-15-4-6-16(7-5-15)23-19(25)14-2-3-14/h4-7,12,14H,2-3,8-11H2,1H3,(H,23,25)(H,20,21,22). The topological polar surface area (TPSA) is 79.4 Å². The van der Waals surface area contributed by atoms with E-state index in [9.17, 15) is 4.79 Å². The van der Waals surface area contributed by atoms with Crippen LogP contribution in [0.25, 0.3) is 0 Å². The lowest BCUT2D eigenvalue weighted by molar-refractivity contribution is -0.117. The lowest BCUT2D eigenvalue weighted by Gasteiger charge is -2.28.